The van der Waals surface area contributed by atoms with Crippen molar-refractivity contribution in [3.05, 3.63) is 0 Å². The van der Waals surface area contributed by atoms with E-state index in [1.807, 2.05) is 4.90 Å². The molecule has 0 saturated carbocycles. The van der Waals surface area contributed by atoms with Gasteiger partial charge < -0.3 is 10.0 Å². The highest BCUT2D eigenvalue weighted by Gasteiger charge is 2.34. The zero-order valence-electron chi connectivity index (χ0n) is 9.43. The number of nitrogens with zero attached hydrogens (tertiary/aromatic N) is 2. The first-order valence-corrected chi connectivity index (χ1v) is 5.12. The van der Waals surface area contributed by atoms with Crippen molar-refractivity contribution in [1.82, 2.24) is 9.80 Å². The Bertz CT molecular complexity index is 265. The summed E-state index contributed by atoms with van der Waals surface area (Å²) in [6.45, 7) is 5.63. The SMILES string of the molecule is CC(C)CN1CC(=O)N(C)C(C(=O)O)C1. The average molecular weight is 214 g/mol. The largest absolute Gasteiger partial charge is 0.480 e. The van der Waals surface area contributed by atoms with Gasteiger partial charge in [-0.25, -0.2) is 4.79 Å². The van der Waals surface area contributed by atoms with Crippen molar-refractivity contribution < 1.29 is 14.7 Å². The number of carbonyl (C=O) groups is 2. The van der Waals surface area contributed by atoms with E-state index in [9.17, 15) is 9.59 Å². The van der Waals surface area contributed by atoms with E-state index in [-0.39, 0.29) is 5.91 Å². The number of amides is 1. The Kier molecular flexibility index (Phi) is 3.68. The standard InChI is InChI=1S/C10H18N2O3/c1-7(2)4-12-5-8(10(14)15)11(3)9(13)6-12/h7-8H,4-6H2,1-3H3,(H,14,15). The predicted molar refractivity (Wildman–Crippen MR) is 55.5 cm³/mol. The minimum atomic E-state index is -0.931. The average Bonchev–Trinajstić information content (AvgIpc) is 2.09. The molecule has 0 aromatic carbocycles. The van der Waals surface area contributed by atoms with Gasteiger partial charge in [0.05, 0.1) is 6.54 Å². The normalized spacial score (nSPS) is 23.6. The van der Waals surface area contributed by atoms with Crippen molar-refractivity contribution in [2.45, 2.75) is 19.9 Å². The van der Waals surface area contributed by atoms with Gasteiger partial charge in [-0.15, -0.1) is 0 Å². The zero-order valence-corrected chi connectivity index (χ0v) is 9.43. The Morgan fingerprint density at radius 3 is 2.67 bits per heavy atom. The fraction of sp³-hybridized carbons (Fsp3) is 0.800. The van der Waals surface area contributed by atoms with Gasteiger partial charge in [0, 0.05) is 20.1 Å². The molecular weight excluding hydrogens is 196 g/mol. The van der Waals surface area contributed by atoms with Crippen LogP contribution in [0.2, 0.25) is 0 Å². The van der Waals surface area contributed by atoms with Gasteiger partial charge in [-0.2, -0.15) is 0 Å². The van der Waals surface area contributed by atoms with Crippen molar-refractivity contribution in [3.8, 4) is 0 Å². The molecule has 1 aliphatic heterocycles. The monoisotopic (exact) mass is 214 g/mol. The van der Waals surface area contributed by atoms with Gasteiger partial charge >= 0.3 is 5.97 Å². The smallest absolute Gasteiger partial charge is 0.327 e. The summed E-state index contributed by atoms with van der Waals surface area (Å²) in [7, 11) is 1.55. The molecule has 5 heteroatoms. The Balaban J connectivity index is 2.66. The van der Waals surface area contributed by atoms with E-state index in [1.54, 1.807) is 7.05 Å². The number of aliphatic carboxylic acids is 1. The number of carbonyl (C=O) groups excluding carboxylic acids is 1. The number of hydrogen-bond acceptors (Lipinski definition) is 3. The van der Waals surface area contributed by atoms with Crippen molar-refractivity contribution in [2.75, 3.05) is 26.7 Å². The Morgan fingerprint density at radius 2 is 2.20 bits per heavy atom. The second-order valence-electron chi connectivity index (χ2n) is 4.45. The predicted octanol–water partition coefficient (Wildman–Crippen LogP) is -0.130. The fourth-order valence-corrected chi connectivity index (χ4v) is 1.81. The third kappa shape index (κ3) is 2.92. The lowest BCUT2D eigenvalue weighted by Crippen LogP contribution is -2.58. The maximum atomic E-state index is 11.5. The molecule has 5 nitrogen and oxygen atoms in total. The van der Waals surface area contributed by atoms with Crippen LogP contribution in [0.15, 0.2) is 0 Å². The molecule has 1 N–H and O–H groups in total. The molecule has 1 unspecified atom stereocenters. The highest BCUT2D eigenvalue weighted by molar-refractivity contribution is 5.86. The fourth-order valence-electron chi connectivity index (χ4n) is 1.81. The van der Waals surface area contributed by atoms with E-state index in [1.165, 1.54) is 4.90 Å². The number of rotatable bonds is 3. The molecule has 0 aromatic heterocycles. The molecular formula is C10H18N2O3. The molecule has 15 heavy (non-hydrogen) atoms. The van der Waals surface area contributed by atoms with Crippen LogP contribution in [-0.2, 0) is 9.59 Å². The molecule has 1 heterocycles. The van der Waals surface area contributed by atoms with Crippen LogP contribution in [0.25, 0.3) is 0 Å². The molecule has 1 rings (SSSR count). The summed E-state index contributed by atoms with van der Waals surface area (Å²) in [6.07, 6.45) is 0. The third-order valence-corrected chi connectivity index (χ3v) is 2.56. The quantitative estimate of drug-likeness (QED) is 0.711. The van der Waals surface area contributed by atoms with Crippen LogP contribution in [-0.4, -0.2) is 59.5 Å². The summed E-state index contributed by atoms with van der Waals surface area (Å²) in [6, 6.07) is -0.704. The van der Waals surface area contributed by atoms with Crippen LogP contribution >= 0.6 is 0 Å². The van der Waals surface area contributed by atoms with Crippen LogP contribution in [0.3, 0.4) is 0 Å². The molecule has 0 aromatic rings. The van der Waals surface area contributed by atoms with Crippen LogP contribution in [0.4, 0.5) is 0 Å². The lowest BCUT2D eigenvalue weighted by molar-refractivity contribution is -0.154. The molecule has 0 bridgehead atoms. The first-order valence-electron chi connectivity index (χ1n) is 5.12. The molecule has 1 saturated heterocycles. The minimum Gasteiger partial charge on any atom is -0.480 e. The molecule has 0 radical (unpaired) electrons. The Morgan fingerprint density at radius 1 is 1.60 bits per heavy atom. The topological polar surface area (TPSA) is 60.9 Å². The second kappa shape index (κ2) is 4.61. The Hall–Kier alpha value is -1.10. The molecule has 0 spiro atoms. The summed E-state index contributed by atoms with van der Waals surface area (Å²) in [5, 5.41) is 8.96. The van der Waals surface area contributed by atoms with E-state index < -0.39 is 12.0 Å². The highest BCUT2D eigenvalue weighted by Crippen LogP contribution is 2.11. The first-order chi connectivity index (χ1) is 6.91. The lowest BCUT2D eigenvalue weighted by Gasteiger charge is -2.37. The van der Waals surface area contributed by atoms with Gasteiger partial charge in [-0.3, -0.25) is 9.69 Å². The third-order valence-electron chi connectivity index (χ3n) is 2.56. The first kappa shape index (κ1) is 12.0. The Labute approximate surface area is 89.7 Å². The van der Waals surface area contributed by atoms with E-state index in [4.69, 9.17) is 5.11 Å². The number of likely N-dealkylation sites (N-methyl/N-ethyl adjacent to an activating group) is 1. The molecule has 1 atom stereocenters. The maximum Gasteiger partial charge on any atom is 0.327 e. The summed E-state index contributed by atoms with van der Waals surface area (Å²) in [5.74, 6) is -0.607. The molecule has 1 aliphatic rings. The van der Waals surface area contributed by atoms with Crippen molar-refractivity contribution in [1.29, 1.82) is 0 Å². The number of carboxylic acid groups (broad SMARTS) is 1. The van der Waals surface area contributed by atoms with Gasteiger partial charge in [0.2, 0.25) is 5.91 Å². The van der Waals surface area contributed by atoms with Crippen LogP contribution in [0, 0.1) is 5.92 Å². The van der Waals surface area contributed by atoms with Crippen LogP contribution in [0.1, 0.15) is 13.8 Å². The number of hydrogen-bond donors (Lipinski definition) is 1. The molecule has 86 valence electrons. The lowest BCUT2D eigenvalue weighted by atomic mass is 10.1. The number of carboxylic acids is 1. The van der Waals surface area contributed by atoms with Crippen molar-refractivity contribution in [3.63, 3.8) is 0 Å². The van der Waals surface area contributed by atoms with Crippen molar-refractivity contribution >= 4 is 11.9 Å². The highest BCUT2D eigenvalue weighted by atomic mass is 16.4. The van der Waals surface area contributed by atoms with E-state index in [2.05, 4.69) is 13.8 Å². The second-order valence-corrected chi connectivity index (χ2v) is 4.45. The van der Waals surface area contributed by atoms with E-state index in [0.29, 0.717) is 19.0 Å². The van der Waals surface area contributed by atoms with Gasteiger partial charge in [0.25, 0.3) is 0 Å². The van der Waals surface area contributed by atoms with Crippen LogP contribution in [0.5, 0.6) is 0 Å². The molecule has 1 amide bonds. The van der Waals surface area contributed by atoms with Gasteiger partial charge in [0.1, 0.15) is 6.04 Å². The van der Waals surface area contributed by atoms with Gasteiger partial charge in [-0.1, -0.05) is 13.8 Å². The summed E-state index contributed by atoms with van der Waals surface area (Å²) in [4.78, 5) is 25.7. The molecule has 1 fully saturated rings. The van der Waals surface area contributed by atoms with Gasteiger partial charge in [-0.05, 0) is 5.92 Å². The summed E-state index contributed by atoms with van der Waals surface area (Å²) < 4.78 is 0. The van der Waals surface area contributed by atoms with Crippen molar-refractivity contribution in [2.24, 2.45) is 5.92 Å². The summed E-state index contributed by atoms with van der Waals surface area (Å²) >= 11 is 0. The molecule has 0 aliphatic carbocycles. The van der Waals surface area contributed by atoms with E-state index in [0.717, 1.165) is 6.54 Å². The van der Waals surface area contributed by atoms with Gasteiger partial charge in [0.15, 0.2) is 0 Å². The maximum absolute atomic E-state index is 11.5. The van der Waals surface area contributed by atoms with E-state index >= 15 is 0 Å². The number of piperazine rings is 1. The van der Waals surface area contributed by atoms with Crippen LogP contribution < -0.4 is 0 Å². The zero-order chi connectivity index (χ0) is 11.6. The summed E-state index contributed by atoms with van der Waals surface area (Å²) in [5.41, 5.74) is 0. The minimum absolute atomic E-state index is 0.116.